The predicted molar refractivity (Wildman–Crippen MR) is 99.3 cm³/mol. The van der Waals surface area contributed by atoms with E-state index in [1.54, 1.807) is 18.6 Å². The second kappa shape index (κ2) is 6.36. The minimum Gasteiger partial charge on any atom is -0.317 e. The minimum atomic E-state index is 0.323. The van der Waals surface area contributed by atoms with E-state index in [1.165, 1.54) is 4.68 Å². The number of aromatic nitrogens is 5. The van der Waals surface area contributed by atoms with Crippen molar-refractivity contribution in [3.63, 3.8) is 0 Å². The average Bonchev–Trinajstić information content (AvgIpc) is 3.18. The Morgan fingerprint density at radius 1 is 1.23 bits per heavy atom. The van der Waals surface area contributed by atoms with E-state index in [9.17, 15) is 0 Å². The minimum absolute atomic E-state index is 0.323. The molecular formula is C19H18N7+. The van der Waals surface area contributed by atoms with Gasteiger partial charge in [0.05, 0.1) is 35.8 Å². The fourth-order valence-corrected chi connectivity index (χ4v) is 2.84. The van der Waals surface area contributed by atoms with Gasteiger partial charge in [-0.1, -0.05) is 6.07 Å². The molecule has 0 aliphatic carbocycles. The molecule has 0 aliphatic heterocycles. The van der Waals surface area contributed by atoms with Gasteiger partial charge in [-0.3, -0.25) is 4.98 Å². The van der Waals surface area contributed by atoms with Crippen molar-refractivity contribution in [1.82, 2.24) is 19.6 Å². The highest BCUT2D eigenvalue weighted by Crippen LogP contribution is 2.18. The van der Waals surface area contributed by atoms with Crippen LogP contribution < -0.4 is 10.4 Å². The average molecular weight is 344 g/mol. The molecule has 0 fully saturated rings. The standard InChI is InChI=1S/C19H17N7/c1-13-2-5-18(20)26(24-13)19(21)9-14-3-4-17-15(8-14)10-16(11-23-17)25-7-6-22-12-25/h2-8,10-12,20-21H,9H2,1H3/p+1. The Kier molecular flexibility index (Phi) is 3.89. The first kappa shape index (κ1) is 15.9. The number of fused-ring (bicyclic) bond motifs is 1. The van der Waals surface area contributed by atoms with E-state index in [4.69, 9.17) is 11.1 Å². The van der Waals surface area contributed by atoms with Gasteiger partial charge in [0.25, 0.3) is 5.84 Å². The van der Waals surface area contributed by atoms with Gasteiger partial charge in [-0.15, -0.1) is 9.78 Å². The van der Waals surface area contributed by atoms with Gasteiger partial charge in [-0.25, -0.2) is 4.98 Å². The third-order valence-corrected chi connectivity index (χ3v) is 4.16. The van der Waals surface area contributed by atoms with Crippen molar-refractivity contribution in [2.45, 2.75) is 13.3 Å². The molecule has 1 aromatic carbocycles. The van der Waals surface area contributed by atoms with Crippen LogP contribution in [0.5, 0.6) is 0 Å². The lowest BCUT2D eigenvalue weighted by Gasteiger charge is -2.07. The molecule has 3 heterocycles. The molecule has 0 unspecified atom stereocenters. The molecule has 0 atom stereocenters. The van der Waals surface area contributed by atoms with Crippen LogP contribution in [0.15, 0.2) is 61.3 Å². The monoisotopic (exact) mass is 344 g/mol. The molecule has 128 valence electrons. The number of anilines is 1. The summed E-state index contributed by atoms with van der Waals surface area (Å²) in [5.41, 5.74) is 9.62. The van der Waals surface area contributed by atoms with Gasteiger partial charge in [0.1, 0.15) is 0 Å². The third kappa shape index (κ3) is 3.02. The Morgan fingerprint density at radius 2 is 2.12 bits per heavy atom. The van der Waals surface area contributed by atoms with Gasteiger partial charge in [-0.05, 0) is 36.8 Å². The van der Waals surface area contributed by atoms with Gasteiger partial charge < -0.3 is 10.3 Å². The second-order valence-electron chi connectivity index (χ2n) is 6.13. The molecule has 26 heavy (non-hydrogen) atoms. The smallest absolute Gasteiger partial charge is 0.258 e. The van der Waals surface area contributed by atoms with E-state index in [1.807, 2.05) is 48.1 Å². The number of nitrogens with zero attached hydrogens (tertiary/aromatic N) is 5. The lowest BCUT2D eigenvalue weighted by Crippen LogP contribution is -2.49. The van der Waals surface area contributed by atoms with Gasteiger partial charge >= 0.3 is 0 Å². The molecule has 0 aliphatic rings. The van der Waals surface area contributed by atoms with E-state index < -0.39 is 0 Å². The Bertz CT molecular complexity index is 1100. The maximum Gasteiger partial charge on any atom is 0.258 e. The molecule has 0 bridgehead atoms. The fourth-order valence-electron chi connectivity index (χ4n) is 2.84. The van der Waals surface area contributed by atoms with E-state index in [0.717, 1.165) is 27.8 Å². The lowest BCUT2D eigenvalue weighted by molar-refractivity contribution is -0.610. The van der Waals surface area contributed by atoms with E-state index in [-0.39, 0.29) is 0 Å². The molecule has 4 aromatic rings. The van der Waals surface area contributed by atoms with Crippen molar-refractivity contribution >= 4 is 22.6 Å². The number of benzene rings is 1. The summed E-state index contributed by atoms with van der Waals surface area (Å²) in [7, 11) is 0. The fraction of sp³-hybridized carbons (Fsp3) is 0.105. The first-order valence-electron chi connectivity index (χ1n) is 8.20. The molecular weight excluding hydrogens is 326 g/mol. The van der Waals surface area contributed by atoms with E-state index >= 15 is 0 Å². The Hall–Kier alpha value is -3.61. The predicted octanol–water partition coefficient (Wildman–Crippen LogP) is 2.06. The van der Waals surface area contributed by atoms with Gasteiger partial charge in [0.2, 0.25) is 5.82 Å². The molecule has 7 nitrogen and oxygen atoms in total. The highest BCUT2D eigenvalue weighted by Gasteiger charge is 2.14. The zero-order valence-corrected chi connectivity index (χ0v) is 14.3. The van der Waals surface area contributed by atoms with Crippen molar-refractivity contribution in [1.29, 1.82) is 5.41 Å². The largest absolute Gasteiger partial charge is 0.317 e. The number of nitrogen functional groups attached to an aromatic ring is 1. The number of imidazole rings is 1. The van der Waals surface area contributed by atoms with E-state index in [0.29, 0.717) is 18.1 Å². The molecule has 7 heteroatoms. The summed E-state index contributed by atoms with van der Waals surface area (Å²) in [6.07, 6.45) is 7.60. The number of aryl methyl sites for hydroxylation is 1. The lowest BCUT2D eigenvalue weighted by atomic mass is 10.1. The van der Waals surface area contributed by atoms with Crippen molar-refractivity contribution in [3.05, 3.63) is 72.6 Å². The zero-order chi connectivity index (χ0) is 18.1. The van der Waals surface area contributed by atoms with Crippen LogP contribution in [-0.4, -0.2) is 25.5 Å². The molecule has 3 N–H and O–H groups in total. The van der Waals surface area contributed by atoms with Crippen LogP contribution in [0.3, 0.4) is 0 Å². The number of hydrogen-bond donors (Lipinski definition) is 2. The Balaban J connectivity index is 1.66. The number of hydrogen-bond acceptors (Lipinski definition) is 5. The molecule has 0 saturated heterocycles. The van der Waals surface area contributed by atoms with Crippen molar-refractivity contribution in [2.75, 3.05) is 5.73 Å². The van der Waals surface area contributed by atoms with Crippen LogP contribution in [-0.2, 0) is 6.42 Å². The summed E-state index contributed by atoms with van der Waals surface area (Å²) < 4.78 is 3.38. The van der Waals surface area contributed by atoms with Crippen molar-refractivity contribution in [2.24, 2.45) is 0 Å². The first-order chi connectivity index (χ1) is 12.6. The number of pyridine rings is 1. The summed E-state index contributed by atoms with van der Waals surface area (Å²) >= 11 is 0. The normalized spacial score (nSPS) is 11.0. The number of rotatable bonds is 3. The first-order valence-corrected chi connectivity index (χ1v) is 8.20. The Labute approximate surface area is 150 Å². The van der Waals surface area contributed by atoms with Crippen LogP contribution in [0.4, 0.5) is 5.82 Å². The Morgan fingerprint density at radius 3 is 2.92 bits per heavy atom. The summed E-state index contributed by atoms with van der Waals surface area (Å²) in [6, 6.07) is 11.6. The summed E-state index contributed by atoms with van der Waals surface area (Å²) in [5, 5.41) is 13.7. The van der Waals surface area contributed by atoms with Crippen LogP contribution in [0.2, 0.25) is 0 Å². The maximum atomic E-state index is 8.36. The molecule has 4 rings (SSSR count). The molecule has 0 radical (unpaired) electrons. The number of nitrogens with two attached hydrogens (primary N) is 1. The topological polar surface area (TPSA) is 97.3 Å². The maximum absolute atomic E-state index is 8.36. The van der Waals surface area contributed by atoms with E-state index in [2.05, 4.69) is 21.1 Å². The highest BCUT2D eigenvalue weighted by molar-refractivity contribution is 5.83. The molecule has 0 saturated carbocycles. The summed E-state index contributed by atoms with van der Waals surface area (Å²) in [4.78, 5) is 8.57. The van der Waals surface area contributed by atoms with Gasteiger partial charge in [0.15, 0.2) is 0 Å². The second-order valence-corrected chi connectivity index (χ2v) is 6.13. The van der Waals surface area contributed by atoms with Gasteiger partial charge in [0, 0.05) is 23.8 Å². The highest BCUT2D eigenvalue weighted by atomic mass is 15.3. The molecule has 3 aromatic heterocycles. The third-order valence-electron chi connectivity index (χ3n) is 4.16. The van der Waals surface area contributed by atoms with Crippen LogP contribution in [0.25, 0.3) is 16.6 Å². The van der Waals surface area contributed by atoms with Crippen LogP contribution in [0.1, 0.15) is 11.3 Å². The van der Waals surface area contributed by atoms with Crippen molar-refractivity contribution < 1.29 is 4.68 Å². The molecule has 0 spiro atoms. The quantitative estimate of drug-likeness (QED) is 0.338. The molecule has 0 amide bonds. The van der Waals surface area contributed by atoms with Crippen LogP contribution in [0, 0.1) is 12.3 Å². The summed E-state index contributed by atoms with van der Waals surface area (Å²) in [5.74, 6) is 0.773. The SMILES string of the molecule is Cc1ccc(N)[n+](C(=N)Cc2ccc3ncc(-n4ccnc4)cc3c2)n1. The summed E-state index contributed by atoms with van der Waals surface area (Å²) in [6.45, 7) is 1.88. The van der Waals surface area contributed by atoms with Crippen LogP contribution >= 0.6 is 0 Å². The van der Waals surface area contributed by atoms with Crippen molar-refractivity contribution in [3.8, 4) is 5.69 Å². The number of nitrogens with one attached hydrogen (secondary N) is 1. The van der Waals surface area contributed by atoms with Gasteiger partial charge in [-0.2, -0.15) is 5.41 Å². The zero-order valence-electron chi connectivity index (χ0n) is 14.3.